The van der Waals surface area contributed by atoms with E-state index in [0.717, 1.165) is 19.3 Å². The van der Waals surface area contributed by atoms with Gasteiger partial charge in [-0.05, 0) is 26.2 Å². The van der Waals surface area contributed by atoms with E-state index in [1.165, 1.54) is 4.88 Å². The Bertz CT molecular complexity index is 184. The molecule has 0 aliphatic carbocycles. The number of aromatic nitrogens is 1. The lowest BCUT2D eigenvalue weighted by Gasteiger charge is -2.00. The predicted molar refractivity (Wildman–Crippen MR) is 46.7 cm³/mol. The molecule has 0 aliphatic rings. The molecular weight excluding hydrogens is 158 g/mol. The molecule has 0 fully saturated rings. The molecule has 1 aromatic rings. The molecule has 1 atom stereocenters. The van der Waals surface area contributed by atoms with Gasteiger partial charge >= 0.3 is 0 Å². The van der Waals surface area contributed by atoms with E-state index in [1.807, 2.05) is 18.6 Å². The van der Waals surface area contributed by atoms with Gasteiger partial charge < -0.3 is 5.11 Å². The van der Waals surface area contributed by atoms with Gasteiger partial charge in [0, 0.05) is 11.1 Å². The Labute approximate surface area is 70.9 Å². The quantitative estimate of drug-likeness (QED) is 0.750. The molecule has 0 saturated carbocycles. The van der Waals surface area contributed by atoms with Gasteiger partial charge in [-0.25, -0.2) is 0 Å². The van der Waals surface area contributed by atoms with Gasteiger partial charge in [-0.1, -0.05) is 0 Å². The van der Waals surface area contributed by atoms with Gasteiger partial charge in [0.05, 0.1) is 11.6 Å². The van der Waals surface area contributed by atoms with E-state index >= 15 is 0 Å². The van der Waals surface area contributed by atoms with E-state index in [2.05, 4.69) is 4.98 Å². The van der Waals surface area contributed by atoms with Crippen molar-refractivity contribution >= 4 is 11.3 Å². The van der Waals surface area contributed by atoms with Crippen molar-refractivity contribution in [3.05, 3.63) is 16.6 Å². The summed E-state index contributed by atoms with van der Waals surface area (Å²) in [6, 6.07) is 0. The number of hydrogen-bond acceptors (Lipinski definition) is 3. The zero-order chi connectivity index (χ0) is 8.10. The maximum atomic E-state index is 8.97. The van der Waals surface area contributed by atoms with Gasteiger partial charge in [0.1, 0.15) is 0 Å². The lowest BCUT2D eigenvalue weighted by atomic mass is 10.1. The number of nitrogens with zero attached hydrogens (tertiary/aromatic N) is 1. The Morgan fingerprint density at radius 1 is 1.73 bits per heavy atom. The van der Waals surface area contributed by atoms with Crippen LogP contribution in [0.2, 0.25) is 0 Å². The Morgan fingerprint density at radius 2 is 2.55 bits per heavy atom. The fourth-order valence-electron chi connectivity index (χ4n) is 0.937. The Kier molecular flexibility index (Phi) is 3.52. The molecule has 62 valence electrons. The molecule has 2 nitrogen and oxygen atoms in total. The van der Waals surface area contributed by atoms with Gasteiger partial charge in [-0.2, -0.15) is 0 Å². The minimum atomic E-state index is -0.164. The fourth-order valence-corrected chi connectivity index (χ4v) is 1.58. The monoisotopic (exact) mass is 171 g/mol. The molecule has 1 unspecified atom stereocenters. The second kappa shape index (κ2) is 4.46. The molecular formula is C8H13NOS. The van der Waals surface area contributed by atoms with Crippen LogP contribution < -0.4 is 0 Å². The van der Waals surface area contributed by atoms with Crippen molar-refractivity contribution in [2.24, 2.45) is 0 Å². The van der Waals surface area contributed by atoms with Crippen LogP contribution in [-0.4, -0.2) is 16.2 Å². The third-order valence-corrected chi connectivity index (χ3v) is 2.37. The van der Waals surface area contributed by atoms with E-state index < -0.39 is 0 Å². The number of aliphatic hydroxyl groups excluding tert-OH is 1. The number of aliphatic hydroxyl groups is 1. The van der Waals surface area contributed by atoms with Crippen molar-refractivity contribution in [3.63, 3.8) is 0 Å². The predicted octanol–water partition coefficient (Wildman–Crippen LogP) is 1.85. The smallest absolute Gasteiger partial charge is 0.0794 e. The van der Waals surface area contributed by atoms with Crippen LogP contribution in [0.1, 0.15) is 24.6 Å². The molecule has 0 aliphatic heterocycles. The van der Waals surface area contributed by atoms with Crippen LogP contribution in [0.15, 0.2) is 11.7 Å². The zero-order valence-corrected chi connectivity index (χ0v) is 7.47. The molecule has 1 rings (SSSR count). The molecule has 0 spiro atoms. The average molecular weight is 171 g/mol. The Hall–Kier alpha value is -0.410. The van der Waals surface area contributed by atoms with Gasteiger partial charge in [-0.15, -0.1) is 11.3 Å². The van der Waals surface area contributed by atoms with Crippen LogP contribution >= 0.6 is 11.3 Å². The number of thiazole rings is 1. The third-order valence-electron chi connectivity index (χ3n) is 1.53. The topological polar surface area (TPSA) is 33.1 Å². The summed E-state index contributed by atoms with van der Waals surface area (Å²) in [4.78, 5) is 5.29. The maximum Gasteiger partial charge on any atom is 0.0794 e. The largest absolute Gasteiger partial charge is 0.393 e. The molecule has 1 heterocycles. The van der Waals surface area contributed by atoms with Crippen molar-refractivity contribution in [1.82, 2.24) is 4.98 Å². The summed E-state index contributed by atoms with van der Waals surface area (Å²) in [5.74, 6) is 0. The molecule has 0 aromatic carbocycles. The Balaban J connectivity index is 2.14. The molecule has 3 heteroatoms. The average Bonchev–Trinajstić information content (AvgIpc) is 2.39. The van der Waals surface area contributed by atoms with E-state index in [1.54, 1.807) is 11.3 Å². The first-order valence-electron chi connectivity index (χ1n) is 3.84. The van der Waals surface area contributed by atoms with Crippen molar-refractivity contribution in [3.8, 4) is 0 Å². The first kappa shape index (κ1) is 8.68. The minimum Gasteiger partial charge on any atom is -0.393 e. The fraction of sp³-hybridized carbons (Fsp3) is 0.625. The zero-order valence-electron chi connectivity index (χ0n) is 6.66. The van der Waals surface area contributed by atoms with Crippen LogP contribution in [0.5, 0.6) is 0 Å². The second-order valence-corrected chi connectivity index (χ2v) is 3.68. The van der Waals surface area contributed by atoms with Crippen molar-refractivity contribution < 1.29 is 5.11 Å². The van der Waals surface area contributed by atoms with Gasteiger partial charge in [-0.3, -0.25) is 4.98 Å². The normalized spacial score (nSPS) is 13.3. The summed E-state index contributed by atoms with van der Waals surface area (Å²) in [5.41, 5.74) is 1.84. The molecule has 0 radical (unpaired) electrons. The van der Waals surface area contributed by atoms with Crippen molar-refractivity contribution in [2.75, 3.05) is 0 Å². The van der Waals surface area contributed by atoms with E-state index in [-0.39, 0.29) is 6.10 Å². The molecule has 11 heavy (non-hydrogen) atoms. The van der Waals surface area contributed by atoms with Gasteiger partial charge in [0.2, 0.25) is 0 Å². The number of hydrogen-bond donors (Lipinski definition) is 1. The summed E-state index contributed by atoms with van der Waals surface area (Å²) in [6.07, 6.45) is 4.72. The number of rotatable bonds is 4. The lowest BCUT2D eigenvalue weighted by Crippen LogP contribution is -1.99. The van der Waals surface area contributed by atoms with Crippen molar-refractivity contribution in [2.45, 2.75) is 32.3 Å². The second-order valence-electron chi connectivity index (χ2n) is 2.71. The SMILES string of the molecule is CC(O)CCCc1cncs1. The van der Waals surface area contributed by atoms with Gasteiger partial charge in [0.15, 0.2) is 0 Å². The lowest BCUT2D eigenvalue weighted by molar-refractivity contribution is 0.182. The summed E-state index contributed by atoms with van der Waals surface area (Å²) in [7, 11) is 0. The summed E-state index contributed by atoms with van der Waals surface area (Å²) in [6.45, 7) is 1.83. The highest BCUT2D eigenvalue weighted by molar-refractivity contribution is 7.09. The maximum absolute atomic E-state index is 8.97. The highest BCUT2D eigenvalue weighted by Crippen LogP contribution is 2.10. The van der Waals surface area contributed by atoms with Gasteiger partial charge in [0.25, 0.3) is 0 Å². The van der Waals surface area contributed by atoms with E-state index in [0.29, 0.717) is 0 Å². The van der Waals surface area contributed by atoms with Crippen LogP contribution in [0.25, 0.3) is 0 Å². The standard InChI is InChI=1S/C8H13NOS/c1-7(10)3-2-4-8-5-9-6-11-8/h5-7,10H,2-4H2,1H3. The highest BCUT2D eigenvalue weighted by atomic mass is 32.1. The summed E-state index contributed by atoms with van der Waals surface area (Å²) >= 11 is 1.68. The summed E-state index contributed by atoms with van der Waals surface area (Å²) < 4.78 is 0. The Morgan fingerprint density at radius 3 is 3.09 bits per heavy atom. The molecule has 0 amide bonds. The first-order chi connectivity index (χ1) is 5.29. The molecule has 1 aromatic heterocycles. The first-order valence-corrected chi connectivity index (χ1v) is 4.72. The highest BCUT2D eigenvalue weighted by Gasteiger charge is 1.97. The summed E-state index contributed by atoms with van der Waals surface area (Å²) in [5, 5.41) is 8.97. The van der Waals surface area contributed by atoms with Crippen LogP contribution in [-0.2, 0) is 6.42 Å². The van der Waals surface area contributed by atoms with Crippen LogP contribution in [0, 0.1) is 0 Å². The van der Waals surface area contributed by atoms with Crippen molar-refractivity contribution in [1.29, 1.82) is 0 Å². The van der Waals surface area contributed by atoms with Crippen LogP contribution in [0.4, 0.5) is 0 Å². The van der Waals surface area contributed by atoms with Crippen LogP contribution in [0.3, 0.4) is 0 Å². The minimum absolute atomic E-state index is 0.164. The molecule has 1 N–H and O–H groups in total. The molecule has 0 bridgehead atoms. The molecule has 0 saturated heterocycles. The van der Waals surface area contributed by atoms with E-state index in [9.17, 15) is 0 Å². The third kappa shape index (κ3) is 3.49. The van der Waals surface area contributed by atoms with E-state index in [4.69, 9.17) is 5.11 Å². The number of aryl methyl sites for hydroxylation is 1.